The summed E-state index contributed by atoms with van der Waals surface area (Å²) in [5.74, 6) is 0. The molecular weight excluding hydrogens is 350 g/mol. The van der Waals surface area contributed by atoms with Gasteiger partial charge in [-0.2, -0.15) is 0 Å². The van der Waals surface area contributed by atoms with Crippen LogP contribution >= 0.6 is 15.9 Å². The first kappa shape index (κ1) is 15.5. The molecule has 0 heterocycles. The molecule has 0 amide bonds. The third-order valence-corrected chi connectivity index (χ3v) is 4.12. The lowest BCUT2D eigenvalue weighted by atomic mass is 10.0. The summed E-state index contributed by atoms with van der Waals surface area (Å²) < 4.78 is 0.942. The second kappa shape index (κ2) is 7.75. The van der Waals surface area contributed by atoms with Crippen molar-refractivity contribution in [3.8, 4) is 11.1 Å². The van der Waals surface area contributed by atoms with Crippen molar-refractivity contribution < 1.29 is 4.84 Å². The van der Waals surface area contributed by atoms with Gasteiger partial charge in [0.2, 0.25) is 0 Å². The average Bonchev–Trinajstić information content (AvgIpc) is 2.61. The highest BCUT2D eigenvalue weighted by Crippen LogP contribution is 2.24. The Morgan fingerprint density at radius 1 is 0.826 bits per heavy atom. The monoisotopic (exact) mass is 364 g/mol. The van der Waals surface area contributed by atoms with Crippen molar-refractivity contribution in [1.29, 1.82) is 0 Å². The van der Waals surface area contributed by atoms with Gasteiger partial charge in [0.15, 0.2) is 0 Å². The molecule has 0 spiro atoms. The van der Waals surface area contributed by atoms with Gasteiger partial charge in [-0.15, -0.1) is 0 Å². The Hall–Kier alpha value is -2.39. The molecule has 3 heteroatoms. The molecule has 0 aliphatic carbocycles. The van der Waals surface area contributed by atoms with E-state index in [0.717, 1.165) is 21.2 Å². The zero-order chi connectivity index (χ0) is 15.9. The van der Waals surface area contributed by atoms with Gasteiger partial charge in [-0.3, -0.25) is 0 Å². The Kier molecular flexibility index (Phi) is 5.22. The smallest absolute Gasteiger partial charge is 0.142 e. The maximum absolute atomic E-state index is 5.43. The average molecular weight is 365 g/mol. The Bertz CT molecular complexity index is 800. The van der Waals surface area contributed by atoms with Crippen LogP contribution in [0.5, 0.6) is 0 Å². The SMILES string of the molecule is Brc1ccccc1/[C]=N/OCc1ccccc1-c1ccccc1. The predicted molar refractivity (Wildman–Crippen MR) is 97.3 cm³/mol. The van der Waals surface area contributed by atoms with E-state index in [1.165, 1.54) is 5.56 Å². The highest BCUT2D eigenvalue weighted by atomic mass is 79.9. The van der Waals surface area contributed by atoms with Crippen molar-refractivity contribution in [3.63, 3.8) is 0 Å². The van der Waals surface area contributed by atoms with Crippen LogP contribution in [0.1, 0.15) is 11.1 Å². The topological polar surface area (TPSA) is 21.6 Å². The van der Waals surface area contributed by atoms with Gasteiger partial charge in [0.1, 0.15) is 12.8 Å². The quantitative estimate of drug-likeness (QED) is 0.430. The van der Waals surface area contributed by atoms with Crippen molar-refractivity contribution in [3.05, 3.63) is 94.5 Å². The van der Waals surface area contributed by atoms with Crippen LogP contribution < -0.4 is 0 Å². The number of benzene rings is 3. The molecule has 2 nitrogen and oxygen atoms in total. The van der Waals surface area contributed by atoms with E-state index in [4.69, 9.17) is 4.84 Å². The van der Waals surface area contributed by atoms with Crippen LogP contribution in [0.15, 0.2) is 88.5 Å². The third-order valence-electron chi connectivity index (χ3n) is 3.43. The molecule has 0 N–H and O–H groups in total. The lowest BCUT2D eigenvalue weighted by Gasteiger charge is -2.08. The molecule has 113 valence electrons. The normalized spacial score (nSPS) is 10.8. The minimum atomic E-state index is 0.405. The summed E-state index contributed by atoms with van der Waals surface area (Å²) in [4.78, 5) is 5.43. The van der Waals surface area contributed by atoms with Crippen LogP contribution in [0, 0.1) is 0 Å². The molecule has 0 aliphatic heterocycles. The van der Waals surface area contributed by atoms with Crippen molar-refractivity contribution >= 4 is 22.1 Å². The van der Waals surface area contributed by atoms with E-state index in [-0.39, 0.29) is 0 Å². The summed E-state index contributed by atoms with van der Waals surface area (Å²) in [6, 6.07) is 26.2. The van der Waals surface area contributed by atoms with Crippen LogP contribution in [0.3, 0.4) is 0 Å². The van der Waals surface area contributed by atoms with Gasteiger partial charge in [-0.1, -0.05) is 93.9 Å². The minimum absolute atomic E-state index is 0.405. The number of halogens is 1. The van der Waals surface area contributed by atoms with E-state index in [1.54, 1.807) is 0 Å². The summed E-state index contributed by atoms with van der Waals surface area (Å²) in [6.45, 7) is 0.405. The Labute approximate surface area is 144 Å². The lowest BCUT2D eigenvalue weighted by Crippen LogP contribution is -1.92. The predicted octanol–water partition coefficient (Wildman–Crippen LogP) is 5.54. The molecule has 23 heavy (non-hydrogen) atoms. The molecule has 3 aromatic carbocycles. The minimum Gasteiger partial charge on any atom is -0.390 e. The van der Waals surface area contributed by atoms with Crippen molar-refractivity contribution in [2.75, 3.05) is 0 Å². The zero-order valence-electron chi connectivity index (χ0n) is 12.4. The van der Waals surface area contributed by atoms with E-state index in [9.17, 15) is 0 Å². The molecular formula is C20H15BrNO. The molecule has 3 rings (SSSR count). The molecule has 0 aromatic heterocycles. The maximum Gasteiger partial charge on any atom is 0.142 e. The Morgan fingerprint density at radius 3 is 2.35 bits per heavy atom. The lowest BCUT2D eigenvalue weighted by molar-refractivity contribution is 0.132. The third kappa shape index (κ3) is 4.08. The first-order valence-electron chi connectivity index (χ1n) is 7.30. The fourth-order valence-corrected chi connectivity index (χ4v) is 2.65. The van der Waals surface area contributed by atoms with Crippen molar-refractivity contribution in [2.45, 2.75) is 6.61 Å². The van der Waals surface area contributed by atoms with Crippen LogP contribution in [0.25, 0.3) is 11.1 Å². The van der Waals surface area contributed by atoms with E-state index in [1.807, 2.05) is 54.6 Å². The molecule has 0 bridgehead atoms. The van der Waals surface area contributed by atoms with E-state index >= 15 is 0 Å². The van der Waals surface area contributed by atoms with Gasteiger partial charge in [0.25, 0.3) is 0 Å². The summed E-state index contributed by atoms with van der Waals surface area (Å²) in [6.07, 6.45) is 2.90. The molecule has 0 atom stereocenters. The fraction of sp³-hybridized carbons (Fsp3) is 0.0500. The maximum atomic E-state index is 5.43. The molecule has 0 saturated heterocycles. The van der Waals surface area contributed by atoms with Crippen LogP contribution in [0.4, 0.5) is 0 Å². The Morgan fingerprint density at radius 2 is 1.52 bits per heavy atom. The number of hydrogen-bond acceptors (Lipinski definition) is 2. The second-order valence-electron chi connectivity index (χ2n) is 4.98. The number of hydrogen-bond donors (Lipinski definition) is 0. The van der Waals surface area contributed by atoms with Crippen LogP contribution in [0.2, 0.25) is 0 Å². The van der Waals surface area contributed by atoms with Gasteiger partial charge in [0, 0.05) is 10.0 Å². The van der Waals surface area contributed by atoms with Crippen molar-refractivity contribution in [1.82, 2.24) is 0 Å². The molecule has 1 radical (unpaired) electrons. The first-order chi connectivity index (χ1) is 11.3. The van der Waals surface area contributed by atoms with E-state index < -0.39 is 0 Å². The molecule has 0 saturated carbocycles. The largest absolute Gasteiger partial charge is 0.390 e. The fourth-order valence-electron chi connectivity index (χ4n) is 2.28. The first-order valence-corrected chi connectivity index (χ1v) is 8.10. The summed E-state index contributed by atoms with van der Waals surface area (Å²) >= 11 is 3.46. The highest BCUT2D eigenvalue weighted by Gasteiger charge is 2.04. The summed E-state index contributed by atoms with van der Waals surface area (Å²) in [5, 5.41) is 3.95. The zero-order valence-corrected chi connectivity index (χ0v) is 14.0. The molecule has 0 aliphatic rings. The summed E-state index contributed by atoms with van der Waals surface area (Å²) in [7, 11) is 0. The second-order valence-corrected chi connectivity index (χ2v) is 5.83. The van der Waals surface area contributed by atoms with Crippen LogP contribution in [-0.2, 0) is 11.4 Å². The standard InChI is InChI=1S/C20H15BrNO/c21-20-13-7-5-10-17(20)14-22-23-15-18-11-4-6-12-19(18)16-8-2-1-3-9-16/h1-13H,15H2. The van der Waals surface area contributed by atoms with Gasteiger partial charge in [0.05, 0.1) is 0 Å². The van der Waals surface area contributed by atoms with Crippen molar-refractivity contribution in [2.24, 2.45) is 5.16 Å². The van der Waals surface area contributed by atoms with Gasteiger partial charge in [-0.05, 0) is 22.8 Å². The highest BCUT2D eigenvalue weighted by molar-refractivity contribution is 9.10. The number of rotatable bonds is 5. The van der Waals surface area contributed by atoms with Crippen LogP contribution in [-0.4, -0.2) is 6.21 Å². The number of nitrogens with zero attached hydrogens (tertiary/aromatic N) is 1. The van der Waals surface area contributed by atoms with E-state index in [2.05, 4.69) is 51.6 Å². The van der Waals surface area contributed by atoms with Gasteiger partial charge < -0.3 is 4.84 Å². The Balaban J connectivity index is 1.71. The summed E-state index contributed by atoms with van der Waals surface area (Å²) in [5.41, 5.74) is 4.29. The molecule has 3 aromatic rings. The molecule has 0 fully saturated rings. The van der Waals surface area contributed by atoms with Gasteiger partial charge in [-0.25, -0.2) is 0 Å². The van der Waals surface area contributed by atoms with E-state index in [0.29, 0.717) is 6.61 Å². The van der Waals surface area contributed by atoms with Gasteiger partial charge >= 0.3 is 0 Å². The molecule has 0 unspecified atom stereocenters.